The molecule has 2 heterocycles. The molecule has 1 amide bonds. The molecule has 2 aliphatic rings. The van der Waals surface area contributed by atoms with Crippen LogP contribution in [0.1, 0.15) is 46.3 Å². The van der Waals surface area contributed by atoms with Crippen molar-refractivity contribution in [3.63, 3.8) is 0 Å². The van der Waals surface area contributed by atoms with Gasteiger partial charge in [0.1, 0.15) is 18.3 Å². The van der Waals surface area contributed by atoms with E-state index < -0.39 is 0 Å². The number of benzene rings is 1. The molecular formula is C19H22N2O2S. The molecule has 0 spiro atoms. The summed E-state index contributed by atoms with van der Waals surface area (Å²) in [5.41, 5.74) is 2.33. The Balaban J connectivity index is 1.26. The summed E-state index contributed by atoms with van der Waals surface area (Å²) in [7, 11) is 0. The van der Waals surface area contributed by atoms with Crippen molar-refractivity contribution in [2.24, 2.45) is 0 Å². The molecule has 1 unspecified atom stereocenters. The SMILES string of the molecule is O=C(NCCCc1nc2c(s1)CCCC2)C1COc2ccccc21. The van der Waals surface area contributed by atoms with Crippen LogP contribution in [0.3, 0.4) is 0 Å². The maximum atomic E-state index is 12.4. The zero-order valence-corrected chi connectivity index (χ0v) is 14.5. The van der Waals surface area contributed by atoms with Gasteiger partial charge in [-0.3, -0.25) is 4.79 Å². The molecule has 1 aromatic carbocycles. The molecule has 0 saturated carbocycles. The lowest BCUT2D eigenvalue weighted by Gasteiger charge is -2.09. The van der Waals surface area contributed by atoms with Gasteiger partial charge in [-0.25, -0.2) is 4.98 Å². The van der Waals surface area contributed by atoms with Gasteiger partial charge in [0.15, 0.2) is 0 Å². The van der Waals surface area contributed by atoms with E-state index in [-0.39, 0.29) is 11.8 Å². The Morgan fingerprint density at radius 1 is 1.29 bits per heavy atom. The number of amides is 1. The quantitative estimate of drug-likeness (QED) is 0.849. The third-order valence-electron chi connectivity index (χ3n) is 4.77. The molecule has 1 aliphatic carbocycles. The summed E-state index contributed by atoms with van der Waals surface area (Å²) >= 11 is 1.87. The number of carbonyl (C=O) groups excluding carboxylic acids is 1. The molecule has 1 aliphatic heterocycles. The molecular weight excluding hydrogens is 320 g/mol. The maximum Gasteiger partial charge on any atom is 0.231 e. The van der Waals surface area contributed by atoms with Gasteiger partial charge in [-0.2, -0.15) is 0 Å². The summed E-state index contributed by atoms with van der Waals surface area (Å²) in [4.78, 5) is 18.6. The molecule has 1 N–H and O–H groups in total. The van der Waals surface area contributed by atoms with Crippen LogP contribution in [0.2, 0.25) is 0 Å². The summed E-state index contributed by atoms with van der Waals surface area (Å²) in [5, 5.41) is 4.28. The molecule has 1 aromatic heterocycles. The first-order chi connectivity index (χ1) is 11.8. The van der Waals surface area contributed by atoms with Gasteiger partial charge in [0.2, 0.25) is 5.91 Å². The van der Waals surface area contributed by atoms with Crippen molar-refractivity contribution in [3.05, 3.63) is 45.4 Å². The smallest absolute Gasteiger partial charge is 0.231 e. The van der Waals surface area contributed by atoms with Crippen LogP contribution in [0, 0.1) is 0 Å². The molecule has 4 rings (SSSR count). The van der Waals surface area contributed by atoms with Crippen molar-refractivity contribution >= 4 is 17.2 Å². The van der Waals surface area contributed by atoms with Gasteiger partial charge in [-0.1, -0.05) is 18.2 Å². The van der Waals surface area contributed by atoms with Gasteiger partial charge in [0.05, 0.1) is 10.7 Å². The second-order valence-electron chi connectivity index (χ2n) is 6.48. The highest BCUT2D eigenvalue weighted by Gasteiger charge is 2.29. The van der Waals surface area contributed by atoms with E-state index in [0.29, 0.717) is 13.2 Å². The Hall–Kier alpha value is -1.88. The van der Waals surface area contributed by atoms with E-state index in [4.69, 9.17) is 9.72 Å². The van der Waals surface area contributed by atoms with Crippen LogP contribution in [0.4, 0.5) is 0 Å². The highest BCUT2D eigenvalue weighted by atomic mass is 32.1. The van der Waals surface area contributed by atoms with Crippen LogP contribution in [0.5, 0.6) is 5.75 Å². The molecule has 0 radical (unpaired) electrons. The van der Waals surface area contributed by atoms with E-state index in [1.54, 1.807) is 0 Å². The summed E-state index contributed by atoms with van der Waals surface area (Å²) in [6.45, 7) is 1.14. The first-order valence-electron chi connectivity index (χ1n) is 8.78. The Labute approximate surface area is 146 Å². The number of nitrogens with zero attached hydrogens (tertiary/aromatic N) is 1. The lowest BCUT2D eigenvalue weighted by atomic mass is 10.0. The zero-order chi connectivity index (χ0) is 16.4. The number of rotatable bonds is 5. The van der Waals surface area contributed by atoms with Crippen molar-refractivity contribution in [3.8, 4) is 5.75 Å². The molecule has 4 nitrogen and oxygen atoms in total. The largest absolute Gasteiger partial charge is 0.492 e. The lowest BCUT2D eigenvalue weighted by molar-refractivity contribution is -0.122. The van der Waals surface area contributed by atoms with Gasteiger partial charge in [0, 0.05) is 23.4 Å². The minimum absolute atomic E-state index is 0.0679. The van der Waals surface area contributed by atoms with Crippen molar-refractivity contribution in [2.45, 2.75) is 44.4 Å². The Morgan fingerprint density at radius 3 is 3.08 bits per heavy atom. The Bertz CT molecular complexity index is 717. The number of nitrogens with one attached hydrogen (secondary N) is 1. The van der Waals surface area contributed by atoms with Crippen LogP contribution in [0.15, 0.2) is 24.3 Å². The maximum absolute atomic E-state index is 12.4. The molecule has 1 atom stereocenters. The number of hydrogen-bond acceptors (Lipinski definition) is 4. The van der Waals surface area contributed by atoms with E-state index in [0.717, 1.165) is 30.6 Å². The third kappa shape index (κ3) is 3.18. The van der Waals surface area contributed by atoms with E-state index in [9.17, 15) is 4.79 Å². The number of hydrogen-bond donors (Lipinski definition) is 1. The van der Waals surface area contributed by atoms with Gasteiger partial charge in [0.25, 0.3) is 0 Å². The predicted octanol–water partition coefficient (Wildman–Crippen LogP) is 3.25. The molecule has 24 heavy (non-hydrogen) atoms. The number of para-hydroxylation sites is 1. The predicted molar refractivity (Wildman–Crippen MR) is 94.8 cm³/mol. The highest BCUT2D eigenvalue weighted by molar-refractivity contribution is 7.11. The van der Waals surface area contributed by atoms with Gasteiger partial charge >= 0.3 is 0 Å². The van der Waals surface area contributed by atoms with E-state index in [1.165, 1.54) is 34.8 Å². The minimum Gasteiger partial charge on any atom is -0.492 e. The highest BCUT2D eigenvalue weighted by Crippen LogP contribution is 2.33. The number of aryl methyl sites for hydroxylation is 3. The number of fused-ring (bicyclic) bond motifs is 2. The van der Waals surface area contributed by atoms with Crippen LogP contribution < -0.4 is 10.1 Å². The second kappa shape index (κ2) is 6.93. The fourth-order valence-electron chi connectivity index (χ4n) is 3.47. The fourth-order valence-corrected chi connectivity index (χ4v) is 4.67. The van der Waals surface area contributed by atoms with Crippen molar-refractivity contribution in [2.75, 3.05) is 13.2 Å². The van der Waals surface area contributed by atoms with Gasteiger partial charge in [-0.15, -0.1) is 11.3 Å². The first kappa shape index (κ1) is 15.6. The van der Waals surface area contributed by atoms with E-state index in [1.807, 2.05) is 35.6 Å². The summed E-state index contributed by atoms with van der Waals surface area (Å²) in [6, 6.07) is 7.80. The zero-order valence-electron chi connectivity index (χ0n) is 13.7. The number of aromatic nitrogens is 1. The average molecular weight is 342 g/mol. The van der Waals surface area contributed by atoms with Crippen LogP contribution in [-0.4, -0.2) is 24.0 Å². The normalized spacial score (nSPS) is 18.6. The standard InChI is InChI=1S/C19H22N2O2S/c22-19(14-12-23-16-8-3-1-6-13(14)16)20-11-5-10-18-21-15-7-2-4-9-17(15)24-18/h1,3,6,8,14H,2,4-5,7,9-12H2,(H,20,22). The molecule has 2 aromatic rings. The summed E-state index contributed by atoms with van der Waals surface area (Å²) in [5.74, 6) is 0.734. The summed E-state index contributed by atoms with van der Waals surface area (Å²) < 4.78 is 5.59. The van der Waals surface area contributed by atoms with E-state index in [2.05, 4.69) is 5.32 Å². The minimum atomic E-state index is -0.173. The molecule has 126 valence electrons. The van der Waals surface area contributed by atoms with Crippen LogP contribution in [0.25, 0.3) is 0 Å². The molecule has 5 heteroatoms. The molecule has 0 fully saturated rings. The van der Waals surface area contributed by atoms with Crippen LogP contribution in [-0.2, 0) is 24.1 Å². The fraction of sp³-hybridized carbons (Fsp3) is 0.474. The van der Waals surface area contributed by atoms with Crippen LogP contribution >= 0.6 is 11.3 Å². The third-order valence-corrected chi connectivity index (χ3v) is 5.99. The molecule has 0 saturated heterocycles. The van der Waals surface area contributed by atoms with Crippen molar-refractivity contribution < 1.29 is 9.53 Å². The topological polar surface area (TPSA) is 51.2 Å². The first-order valence-corrected chi connectivity index (χ1v) is 9.60. The number of ether oxygens (including phenoxy) is 1. The Kier molecular flexibility index (Phi) is 4.52. The van der Waals surface area contributed by atoms with Gasteiger partial charge < -0.3 is 10.1 Å². The van der Waals surface area contributed by atoms with E-state index >= 15 is 0 Å². The van der Waals surface area contributed by atoms with Gasteiger partial charge in [-0.05, 0) is 38.2 Å². The number of thiazole rings is 1. The Morgan fingerprint density at radius 2 is 2.17 bits per heavy atom. The van der Waals surface area contributed by atoms with Crippen molar-refractivity contribution in [1.29, 1.82) is 0 Å². The van der Waals surface area contributed by atoms with Crippen molar-refractivity contribution in [1.82, 2.24) is 10.3 Å². The average Bonchev–Trinajstić information content (AvgIpc) is 3.22. The summed E-state index contributed by atoms with van der Waals surface area (Å²) in [6.07, 6.45) is 6.81. The lowest BCUT2D eigenvalue weighted by Crippen LogP contribution is -2.31. The second-order valence-corrected chi connectivity index (χ2v) is 7.65. The number of carbonyl (C=O) groups is 1. The monoisotopic (exact) mass is 342 g/mol. The molecule has 0 bridgehead atoms.